The lowest BCUT2D eigenvalue weighted by atomic mass is 9.86. The number of halogens is 1. The minimum absolute atomic E-state index is 0.0136. The van der Waals surface area contributed by atoms with Crippen molar-refractivity contribution in [3.8, 4) is 0 Å². The lowest BCUT2D eigenvalue weighted by molar-refractivity contribution is -0.915. The van der Waals surface area contributed by atoms with E-state index in [-0.39, 0.29) is 43.0 Å². The van der Waals surface area contributed by atoms with E-state index in [9.17, 15) is 9.59 Å². The third kappa shape index (κ3) is 2.60. The van der Waals surface area contributed by atoms with Crippen molar-refractivity contribution in [2.45, 2.75) is 63.4 Å². The fourth-order valence-corrected chi connectivity index (χ4v) is 5.72. The van der Waals surface area contributed by atoms with Gasteiger partial charge in [-0.15, -0.1) is 0 Å². The molecule has 0 N–H and O–H groups in total. The van der Waals surface area contributed by atoms with E-state index in [4.69, 9.17) is 25.8 Å². The first-order valence-corrected chi connectivity index (χ1v) is 9.92. The highest BCUT2D eigenvalue weighted by atomic mass is 35.5. The molecule has 26 heavy (non-hydrogen) atoms. The number of hydrogen-bond acceptors (Lipinski definition) is 5. The second-order valence-electron chi connectivity index (χ2n) is 8.80. The van der Waals surface area contributed by atoms with Crippen LogP contribution in [0.3, 0.4) is 0 Å². The minimum Gasteiger partial charge on any atom is -0.459 e. The molecule has 0 radical (unpaired) electrons. The van der Waals surface area contributed by atoms with Crippen LogP contribution >= 0.6 is 11.6 Å². The Morgan fingerprint density at radius 3 is 2.85 bits per heavy atom. The number of fused-ring (bicyclic) bond motifs is 2. The number of carbonyl (C=O) groups is 2. The zero-order valence-electron chi connectivity index (χ0n) is 15.6. The monoisotopic (exact) mass is 384 g/mol. The summed E-state index contributed by atoms with van der Waals surface area (Å²) in [6.07, 6.45) is 3.41. The second kappa shape index (κ2) is 5.94. The first kappa shape index (κ1) is 18.3. The summed E-state index contributed by atoms with van der Waals surface area (Å²) in [6.45, 7) is 7.47. The zero-order valence-corrected chi connectivity index (χ0v) is 16.4. The molecule has 6 atom stereocenters. The Morgan fingerprint density at radius 1 is 1.35 bits per heavy atom. The van der Waals surface area contributed by atoms with Gasteiger partial charge in [0.2, 0.25) is 0 Å². The fourth-order valence-electron chi connectivity index (χ4n) is 5.36. The van der Waals surface area contributed by atoms with E-state index >= 15 is 0 Å². The van der Waals surface area contributed by atoms with Crippen LogP contribution in [0.2, 0.25) is 0 Å². The lowest BCUT2D eigenvalue weighted by Crippen LogP contribution is -2.52. The standard InChI is InChI=1S/C19H27ClNO5/c1-12-8-18(2)9-15(22)25-14-5-7-21(11-20)6-4-13(16(14)21)10-24-17(23)19(12,3)26-18/h4,12,14,16H,5-11H2,1-3H3/q+1/t12-,14-,16-,18+,19-,21+/m1/s1. The third-order valence-electron chi connectivity index (χ3n) is 6.85. The molecule has 3 saturated heterocycles. The highest BCUT2D eigenvalue weighted by Gasteiger charge is 2.58. The van der Waals surface area contributed by atoms with E-state index in [0.717, 1.165) is 25.1 Å². The molecule has 144 valence electrons. The number of rotatable bonds is 1. The van der Waals surface area contributed by atoms with Crippen LogP contribution in [-0.2, 0) is 23.8 Å². The highest BCUT2D eigenvalue weighted by Crippen LogP contribution is 2.46. The van der Waals surface area contributed by atoms with Gasteiger partial charge >= 0.3 is 11.9 Å². The maximum absolute atomic E-state index is 12.8. The van der Waals surface area contributed by atoms with Gasteiger partial charge in [-0.3, -0.25) is 9.28 Å². The van der Waals surface area contributed by atoms with Crippen molar-refractivity contribution in [2.75, 3.05) is 25.7 Å². The number of cyclic esters (lactones) is 1. The van der Waals surface area contributed by atoms with Gasteiger partial charge in [0.1, 0.15) is 6.61 Å². The molecule has 0 spiro atoms. The van der Waals surface area contributed by atoms with Crippen LogP contribution in [0, 0.1) is 5.92 Å². The van der Waals surface area contributed by atoms with Crippen LogP contribution in [0.5, 0.6) is 0 Å². The summed E-state index contributed by atoms with van der Waals surface area (Å²) >= 11 is 6.29. The van der Waals surface area contributed by atoms with Crippen molar-refractivity contribution < 1.29 is 28.3 Å². The molecule has 2 bridgehead atoms. The second-order valence-corrected chi connectivity index (χ2v) is 9.04. The van der Waals surface area contributed by atoms with Crippen molar-refractivity contribution in [1.82, 2.24) is 0 Å². The molecule has 3 fully saturated rings. The molecule has 0 aromatic carbocycles. The van der Waals surface area contributed by atoms with Gasteiger partial charge in [-0.2, -0.15) is 0 Å². The molecule has 7 heteroatoms. The van der Waals surface area contributed by atoms with Crippen molar-refractivity contribution in [2.24, 2.45) is 5.92 Å². The summed E-state index contributed by atoms with van der Waals surface area (Å²) in [6, 6.07) is 0.447. The number of esters is 2. The lowest BCUT2D eigenvalue weighted by Gasteiger charge is -2.35. The minimum atomic E-state index is -1.04. The smallest absolute Gasteiger partial charge is 0.338 e. The molecule has 4 heterocycles. The highest BCUT2D eigenvalue weighted by molar-refractivity contribution is 6.17. The van der Waals surface area contributed by atoms with E-state index in [1.165, 1.54) is 0 Å². The van der Waals surface area contributed by atoms with E-state index in [1.54, 1.807) is 6.92 Å². The van der Waals surface area contributed by atoms with Crippen LogP contribution in [-0.4, -0.2) is 65.5 Å². The number of alkyl halides is 1. The summed E-state index contributed by atoms with van der Waals surface area (Å²) in [5, 5.41) is 0. The van der Waals surface area contributed by atoms with Gasteiger partial charge < -0.3 is 14.2 Å². The molecule has 4 rings (SSSR count). The molecule has 0 aliphatic carbocycles. The molecule has 0 aromatic heterocycles. The van der Waals surface area contributed by atoms with E-state index < -0.39 is 11.2 Å². The van der Waals surface area contributed by atoms with Gasteiger partial charge in [0, 0.05) is 12.0 Å². The molecular weight excluding hydrogens is 358 g/mol. The largest absolute Gasteiger partial charge is 0.459 e. The van der Waals surface area contributed by atoms with Gasteiger partial charge in [-0.1, -0.05) is 18.5 Å². The summed E-state index contributed by atoms with van der Waals surface area (Å²) in [5.74, 6) is -0.652. The Balaban J connectivity index is 1.67. The molecule has 6 nitrogen and oxygen atoms in total. The molecule has 0 saturated carbocycles. The molecule has 4 aliphatic heterocycles. The maximum atomic E-state index is 12.8. The summed E-state index contributed by atoms with van der Waals surface area (Å²) < 4.78 is 18.4. The number of ether oxygens (including phenoxy) is 3. The van der Waals surface area contributed by atoms with Crippen molar-refractivity contribution in [3.63, 3.8) is 0 Å². The Bertz CT molecular complexity index is 681. The Labute approximate surface area is 159 Å². The van der Waals surface area contributed by atoms with Gasteiger partial charge in [0.25, 0.3) is 0 Å². The SMILES string of the molecule is C[C@@H]1C[C@@]2(C)CC(=O)O[C@@H]3CC[N@+]4(CCl)CC=C(COC(=O)[C@]1(C)O2)[C@H]34. The van der Waals surface area contributed by atoms with Gasteiger partial charge in [-0.25, -0.2) is 4.79 Å². The van der Waals surface area contributed by atoms with E-state index in [2.05, 4.69) is 6.08 Å². The Morgan fingerprint density at radius 2 is 2.12 bits per heavy atom. The molecule has 0 unspecified atom stereocenters. The topological polar surface area (TPSA) is 61.8 Å². The number of quaternary nitrogens is 1. The first-order valence-electron chi connectivity index (χ1n) is 9.39. The van der Waals surface area contributed by atoms with Crippen LogP contribution in [0.25, 0.3) is 0 Å². The fraction of sp³-hybridized carbons (Fsp3) is 0.789. The van der Waals surface area contributed by atoms with Crippen LogP contribution in [0.15, 0.2) is 11.6 Å². The molecule has 4 aliphatic rings. The number of nitrogens with zero attached hydrogens (tertiary/aromatic N) is 1. The van der Waals surface area contributed by atoms with E-state index in [1.807, 2.05) is 13.8 Å². The van der Waals surface area contributed by atoms with Crippen LogP contribution in [0.1, 0.15) is 40.0 Å². The van der Waals surface area contributed by atoms with Crippen molar-refractivity contribution in [3.05, 3.63) is 11.6 Å². The third-order valence-corrected chi connectivity index (χ3v) is 7.33. The summed E-state index contributed by atoms with van der Waals surface area (Å²) in [7, 11) is 0. The average Bonchev–Trinajstić information content (AvgIpc) is 3.16. The van der Waals surface area contributed by atoms with Gasteiger partial charge in [0.15, 0.2) is 23.8 Å². The predicted molar refractivity (Wildman–Crippen MR) is 94.3 cm³/mol. The normalized spacial score (nSPS) is 48.2. The number of hydrogen-bond donors (Lipinski definition) is 0. The number of carbonyl (C=O) groups excluding carboxylic acids is 2. The quantitative estimate of drug-likeness (QED) is 0.228. The predicted octanol–water partition coefficient (Wildman–Crippen LogP) is 2.14. The average molecular weight is 385 g/mol. The van der Waals surface area contributed by atoms with E-state index in [0.29, 0.717) is 16.9 Å². The molecule has 0 aromatic rings. The summed E-state index contributed by atoms with van der Waals surface area (Å²) in [4.78, 5) is 25.5. The van der Waals surface area contributed by atoms with Crippen LogP contribution in [0.4, 0.5) is 0 Å². The van der Waals surface area contributed by atoms with Gasteiger partial charge in [0.05, 0.1) is 25.1 Å². The summed E-state index contributed by atoms with van der Waals surface area (Å²) in [5.41, 5.74) is -0.748. The zero-order chi connectivity index (χ0) is 18.7. The maximum Gasteiger partial charge on any atom is 0.338 e. The van der Waals surface area contributed by atoms with Gasteiger partial charge in [-0.05, 0) is 32.3 Å². The Hall–Kier alpha value is -1.11. The van der Waals surface area contributed by atoms with Crippen molar-refractivity contribution >= 4 is 23.5 Å². The molecule has 0 amide bonds. The first-order chi connectivity index (χ1) is 12.2. The molecular formula is C19H27ClNO5+. The Kier molecular flexibility index (Phi) is 4.18. The van der Waals surface area contributed by atoms with Crippen LogP contribution < -0.4 is 0 Å². The van der Waals surface area contributed by atoms with Crippen molar-refractivity contribution in [1.29, 1.82) is 0 Å².